The third-order valence-electron chi connectivity index (χ3n) is 1.73. The van der Waals surface area contributed by atoms with E-state index in [-0.39, 0.29) is 5.82 Å². The highest BCUT2D eigenvalue weighted by molar-refractivity contribution is 9.10. The number of rotatable bonds is 2. The summed E-state index contributed by atoms with van der Waals surface area (Å²) in [4.78, 5) is 0.555. The number of aliphatic hydroxyl groups excluding tert-OH is 1. The first-order chi connectivity index (χ1) is 6.07. The Hall–Kier alpha value is -0.0600. The molecule has 0 aliphatic carbocycles. The van der Waals surface area contributed by atoms with E-state index in [1.54, 1.807) is 25.3 Å². The number of thioether (sulfide) groups is 1. The van der Waals surface area contributed by atoms with Gasteiger partial charge in [0.15, 0.2) is 0 Å². The van der Waals surface area contributed by atoms with Crippen LogP contribution in [0.25, 0.3) is 0 Å². The van der Waals surface area contributed by atoms with Gasteiger partial charge in [0.25, 0.3) is 0 Å². The number of hydrogen-bond acceptors (Lipinski definition) is 2. The molecule has 0 spiro atoms. The molecule has 1 aromatic carbocycles. The molecule has 72 valence electrons. The molecule has 1 atom stereocenters. The van der Waals surface area contributed by atoms with E-state index in [0.717, 1.165) is 0 Å². The predicted octanol–water partition coefficient (Wildman–Crippen LogP) is 3.36. The summed E-state index contributed by atoms with van der Waals surface area (Å²) in [7, 11) is 0. The summed E-state index contributed by atoms with van der Waals surface area (Å²) in [6.07, 6.45) is 1.01. The van der Waals surface area contributed by atoms with Gasteiger partial charge in [-0.1, -0.05) is 15.9 Å². The van der Waals surface area contributed by atoms with E-state index in [1.165, 1.54) is 11.8 Å². The van der Waals surface area contributed by atoms with Gasteiger partial charge in [-0.05, 0) is 25.3 Å². The zero-order valence-electron chi connectivity index (χ0n) is 7.34. The first-order valence-electron chi connectivity index (χ1n) is 3.78. The normalized spacial score (nSPS) is 13.0. The van der Waals surface area contributed by atoms with Crippen molar-refractivity contribution >= 4 is 27.7 Å². The maximum Gasteiger partial charge on any atom is 0.143 e. The van der Waals surface area contributed by atoms with Gasteiger partial charge < -0.3 is 5.11 Å². The fourth-order valence-electron chi connectivity index (χ4n) is 1.09. The van der Waals surface area contributed by atoms with Crippen molar-refractivity contribution in [1.29, 1.82) is 0 Å². The molecule has 13 heavy (non-hydrogen) atoms. The molecule has 0 fully saturated rings. The lowest BCUT2D eigenvalue weighted by molar-refractivity contribution is 0.192. The Labute approximate surface area is 89.5 Å². The van der Waals surface area contributed by atoms with Crippen LogP contribution in [-0.2, 0) is 0 Å². The van der Waals surface area contributed by atoms with Crippen LogP contribution in [0.5, 0.6) is 0 Å². The minimum atomic E-state index is -0.790. The topological polar surface area (TPSA) is 20.2 Å². The van der Waals surface area contributed by atoms with Gasteiger partial charge in [-0.2, -0.15) is 0 Å². The van der Waals surface area contributed by atoms with Crippen LogP contribution in [0.3, 0.4) is 0 Å². The highest BCUT2D eigenvalue weighted by Gasteiger charge is 2.15. The van der Waals surface area contributed by atoms with E-state index >= 15 is 0 Å². The Morgan fingerprint density at radius 3 is 2.62 bits per heavy atom. The van der Waals surface area contributed by atoms with E-state index < -0.39 is 6.10 Å². The van der Waals surface area contributed by atoms with Gasteiger partial charge in [0.2, 0.25) is 0 Å². The van der Waals surface area contributed by atoms with Gasteiger partial charge in [-0.15, -0.1) is 11.8 Å². The number of benzene rings is 1. The van der Waals surface area contributed by atoms with E-state index in [4.69, 9.17) is 0 Å². The summed E-state index contributed by atoms with van der Waals surface area (Å²) >= 11 is 4.53. The molecule has 1 aromatic rings. The molecule has 1 unspecified atom stereocenters. The van der Waals surface area contributed by atoms with Crippen LogP contribution in [0.2, 0.25) is 0 Å². The van der Waals surface area contributed by atoms with Crippen LogP contribution in [-0.4, -0.2) is 11.4 Å². The van der Waals surface area contributed by atoms with Crippen molar-refractivity contribution in [1.82, 2.24) is 0 Å². The summed E-state index contributed by atoms with van der Waals surface area (Å²) in [6, 6.07) is 3.44. The Balaban J connectivity index is 3.30. The summed E-state index contributed by atoms with van der Waals surface area (Å²) in [6.45, 7) is 1.55. The fraction of sp³-hybridized carbons (Fsp3) is 0.333. The quantitative estimate of drug-likeness (QED) is 0.827. The Bertz CT molecular complexity index is 315. The lowest BCUT2D eigenvalue weighted by Gasteiger charge is -2.11. The molecule has 0 saturated heterocycles. The monoisotopic (exact) mass is 264 g/mol. The molecule has 0 amide bonds. The van der Waals surface area contributed by atoms with Crippen molar-refractivity contribution in [3.8, 4) is 0 Å². The third kappa shape index (κ3) is 2.24. The van der Waals surface area contributed by atoms with E-state index in [9.17, 15) is 9.50 Å². The maximum absolute atomic E-state index is 13.6. The van der Waals surface area contributed by atoms with Crippen LogP contribution in [0, 0.1) is 5.82 Å². The van der Waals surface area contributed by atoms with Gasteiger partial charge in [-0.3, -0.25) is 0 Å². The summed E-state index contributed by atoms with van der Waals surface area (Å²) in [5, 5.41) is 9.33. The van der Waals surface area contributed by atoms with E-state index in [1.807, 2.05) is 0 Å². The van der Waals surface area contributed by atoms with Crippen molar-refractivity contribution in [2.75, 3.05) is 6.26 Å². The molecule has 0 aliphatic rings. The lowest BCUT2D eigenvalue weighted by atomic mass is 10.1. The third-order valence-corrected chi connectivity index (χ3v) is 3.18. The Morgan fingerprint density at radius 2 is 2.15 bits per heavy atom. The molecule has 0 radical (unpaired) electrons. The van der Waals surface area contributed by atoms with Crippen LogP contribution in [0.15, 0.2) is 21.5 Å². The summed E-state index contributed by atoms with van der Waals surface area (Å²) < 4.78 is 14.2. The van der Waals surface area contributed by atoms with E-state index in [0.29, 0.717) is 14.9 Å². The average Bonchev–Trinajstić information content (AvgIpc) is 2.04. The van der Waals surface area contributed by atoms with Crippen LogP contribution in [0.4, 0.5) is 4.39 Å². The molecule has 0 aromatic heterocycles. The Morgan fingerprint density at radius 1 is 1.54 bits per heavy atom. The first-order valence-corrected chi connectivity index (χ1v) is 5.79. The van der Waals surface area contributed by atoms with Crippen LogP contribution in [0.1, 0.15) is 18.6 Å². The summed E-state index contributed by atoms with van der Waals surface area (Å²) in [5.74, 6) is -0.336. The van der Waals surface area contributed by atoms with E-state index in [2.05, 4.69) is 15.9 Å². The predicted molar refractivity (Wildman–Crippen MR) is 56.5 cm³/mol. The smallest absolute Gasteiger partial charge is 0.143 e. The van der Waals surface area contributed by atoms with Gasteiger partial charge in [-0.25, -0.2) is 4.39 Å². The van der Waals surface area contributed by atoms with Gasteiger partial charge in [0, 0.05) is 14.9 Å². The lowest BCUT2D eigenvalue weighted by Crippen LogP contribution is -1.98. The van der Waals surface area contributed by atoms with Gasteiger partial charge in [0.1, 0.15) is 5.82 Å². The Kier molecular flexibility index (Phi) is 3.76. The van der Waals surface area contributed by atoms with Crippen molar-refractivity contribution in [3.63, 3.8) is 0 Å². The SMILES string of the molecule is CSc1ccc(Br)c(C(C)O)c1F. The minimum Gasteiger partial charge on any atom is -0.389 e. The van der Waals surface area contributed by atoms with Crippen molar-refractivity contribution < 1.29 is 9.50 Å². The minimum absolute atomic E-state index is 0.326. The van der Waals surface area contributed by atoms with Crippen molar-refractivity contribution in [3.05, 3.63) is 28.0 Å². The molecule has 1 N–H and O–H groups in total. The highest BCUT2D eigenvalue weighted by atomic mass is 79.9. The summed E-state index contributed by atoms with van der Waals surface area (Å²) in [5.41, 5.74) is 0.326. The van der Waals surface area contributed by atoms with Crippen molar-refractivity contribution in [2.24, 2.45) is 0 Å². The maximum atomic E-state index is 13.6. The number of aliphatic hydroxyl groups is 1. The molecule has 0 bridgehead atoms. The second kappa shape index (κ2) is 4.44. The zero-order chi connectivity index (χ0) is 10.0. The van der Waals surface area contributed by atoms with Gasteiger partial charge >= 0.3 is 0 Å². The fourth-order valence-corrected chi connectivity index (χ4v) is 2.22. The molecule has 0 heterocycles. The molecule has 1 nitrogen and oxygen atoms in total. The highest BCUT2D eigenvalue weighted by Crippen LogP contribution is 2.31. The largest absolute Gasteiger partial charge is 0.389 e. The standard InChI is InChI=1S/C9H10BrFOS/c1-5(12)8-6(10)3-4-7(13-2)9(8)11/h3-5,12H,1-2H3. The zero-order valence-corrected chi connectivity index (χ0v) is 9.75. The molecular formula is C9H10BrFOS. The van der Waals surface area contributed by atoms with Crippen LogP contribution >= 0.6 is 27.7 Å². The molecular weight excluding hydrogens is 255 g/mol. The number of halogens is 2. The van der Waals surface area contributed by atoms with Gasteiger partial charge in [0.05, 0.1) is 6.10 Å². The first kappa shape index (κ1) is 11.0. The average molecular weight is 265 g/mol. The molecule has 0 aliphatic heterocycles. The van der Waals surface area contributed by atoms with Crippen LogP contribution < -0.4 is 0 Å². The second-order valence-electron chi connectivity index (χ2n) is 2.65. The molecule has 4 heteroatoms. The molecule has 0 saturated carbocycles. The molecule has 1 rings (SSSR count). The van der Waals surface area contributed by atoms with Crippen molar-refractivity contribution in [2.45, 2.75) is 17.9 Å². The number of hydrogen-bond donors (Lipinski definition) is 1. The second-order valence-corrected chi connectivity index (χ2v) is 4.36.